The van der Waals surface area contributed by atoms with Crippen molar-refractivity contribution in [3.8, 4) is 17.2 Å². The van der Waals surface area contributed by atoms with E-state index < -0.39 is 0 Å². The lowest BCUT2D eigenvalue weighted by molar-refractivity contribution is 0.760. The molecule has 0 unspecified atom stereocenters. The topological polar surface area (TPSA) is 108 Å². The highest BCUT2D eigenvalue weighted by molar-refractivity contribution is 5.72. The molecule has 28 heavy (non-hydrogen) atoms. The third kappa shape index (κ3) is 4.11. The first kappa shape index (κ1) is 19.3. The Morgan fingerprint density at radius 2 is 1.96 bits per heavy atom. The van der Waals surface area contributed by atoms with Crippen LogP contribution in [-0.4, -0.2) is 9.97 Å². The Kier molecular flexibility index (Phi) is 6.20. The van der Waals surface area contributed by atoms with Crippen LogP contribution >= 0.6 is 0 Å². The van der Waals surface area contributed by atoms with E-state index in [9.17, 15) is 10.1 Å². The number of hydrogen-bond donors (Lipinski definition) is 3. The molecule has 0 fully saturated rings. The largest absolute Gasteiger partial charge is 0.294 e. The molecule has 0 saturated carbocycles. The van der Waals surface area contributed by atoms with E-state index in [-0.39, 0.29) is 11.5 Å². The van der Waals surface area contributed by atoms with E-state index >= 15 is 0 Å². The molecule has 2 aromatic carbocycles. The van der Waals surface area contributed by atoms with Gasteiger partial charge in [-0.2, -0.15) is 5.26 Å². The van der Waals surface area contributed by atoms with Crippen LogP contribution in [0.5, 0.6) is 0 Å². The number of nitrogens with zero attached hydrogens (tertiary/aromatic N) is 2. The maximum atomic E-state index is 12.7. The Morgan fingerprint density at radius 1 is 1.18 bits per heavy atom. The van der Waals surface area contributed by atoms with Crippen LogP contribution in [0, 0.1) is 11.3 Å². The molecule has 6 nitrogen and oxygen atoms in total. The van der Waals surface area contributed by atoms with E-state index in [1.807, 2.05) is 48.5 Å². The zero-order valence-corrected chi connectivity index (χ0v) is 15.8. The molecule has 1 heterocycles. The quantitative estimate of drug-likeness (QED) is 0.434. The third-order valence-electron chi connectivity index (χ3n) is 4.72. The van der Waals surface area contributed by atoms with Gasteiger partial charge in [-0.3, -0.25) is 15.2 Å². The number of nitrogen functional groups attached to an aromatic ring is 1. The first-order chi connectivity index (χ1) is 13.7. The van der Waals surface area contributed by atoms with Crippen LogP contribution in [0.3, 0.4) is 0 Å². The predicted molar refractivity (Wildman–Crippen MR) is 111 cm³/mol. The smallest absolute Gasteiger partial charge is 0.256 e. The first-order valence-corrected chi connectivity index (χ1v) is 9.34. The highest BCUT2D eigenvalue weighted by Gasteiger charge is 2.16. The zero-order chi connectivity index (χ0) is 19.9. The number of rotatable bonds is 7. The summed E-state index contributed by atoms with van der Waals surface area (Å²) in [5.74, 6) is 5.67. The van der Waals surface area contributed by atoms with Gasteiger partial charge in [0.15, 0.2) is 0 Å². The molecule has 0 saturated heterocycles. The number of H-pyrrole nitrogens is 1. The summed E-state index contributed by atoms with van der Waals surface area (Å²) in [5.41, 5.74) is 6.69. The van der Waals surface area contributed by atoms with Gasteiger partial charge in [0, 0.05) is 12.0 Å². The van der Waals surface area contributed by atoms with Crippen LogP contribution in [-0.2, 0) is 12.8 Å². The Hall–Kier alpha value is -3.43. The van der Waals surface area contributed by atoms with Gasteiger partial charge < -0.3 is 0 Å². The van der Waals surface area contributed by atoms with E-state index in [1.54, 1.807) is 0 Å². The predicted octanol–water partition coefficient (Wildman–Crippen LogP) is 3.53. The van der Waals surface area contributed by atoms with Crippen LogP contribution in [0.2, 0.25) is 0 Å². The molecule has 3 rings (SSSR count). The van der Waals surface area contributed by atoms with Crippen molar-refractivity contribution in [3.05, 3.63) is 81.3 Å². The number of anilines is 1. The second kappa shape index (κ2) is 8.98. The van der Waals surface area contributed by atoms with Gasteiger partial charge in [0.2, 0.25) is 5.95 Å². The van der Waals surface area contributed by atoms with Crippen LogP contribution in [0.1, 0.15) is 42.1 Å². The summed E-state index contributed by atoms with van der Waals surface area (Å²) in [4.78, 5) is 19.8. The molecular formula is C22H23N5O. The number of nitrogens with one attached hydrogen (secondary N) is 2. The lowest BCUT2D eigenvalue weighted by Gasteiger charge is -2.13. The van der Waals surface area contributed by atoms with Crippen molar-refractivity contribution in [3.63, 3.8) is 0 Å². The molecule has 0 bridgehead atoms. The summed E-state index contributed by atoms with van der Waals surface area (Å²) >= 11 is 0. The summed E-state index contributed by atoms with van der Waals surface area (Å²) in [7, 11) is 0. The van der Waals surface area contributed by atoms with Crippen molar-refractivity contribution < 1.29 is 0 Å². The Labute approximate surface area is 164 Å². The average molecular weight is 373 g/mol. The minimum Gasteiger partial charge on any atom is -0.294 e. The number of hydrogen-bond acceptors (Lipinski definition) is 5. The average Bonchev–Trinajstić information content (AvgIpc) is 2.74. The van der Waals surface area contributed by atoms with E-state index in [1.165, 1.54) is 0 Å². The Bertz CT molecular complexity index is 1050. The van der Waals surface area contributed by atoms with Gasteiger partial charge >= 0.3 is 0 Å². The van der Waals surface area contributed by atoms with Crippen LogP contribution < -0.4 is 16.8 Å². The van der Waals surface area contributed by atoms with Gasteiger partial charge in [0.1, 0.15) is 6.07 Å². The summed E-state index contributed by atoms with van der Waals surface area (Å²) in [6, 6.07) is 17.8. The van der Waals surface area contributed by atoms with E-state index in [2.05, 4.69) is 28.4 Å². The van der Waals surface area contributed by atoms with Gasteiger partial charge in [0.25, 0.3) is 5.56 Å². The molecule has 6 heteroatoms. The standard InChI is InChI=1S/C22H23N5O/c1-2-3-12-20-18(21(28)26-22(25-20)27-24)13-16-10-7-11-17(19(16)14-23)15-8-5-4-6-9-15/h4-11H,2-3,12-13,24H2,1H3,(H2,25,26,27,28). The van der Waals surface area contributed by atoms with Gasteiger partial charge in [-0.15, -0.1) is 0 Å². The summed E-state index contributed by atoms with van der Waals surface area (Å²) in [6.45, 7) is 2.09. The molecule has 0 amide bonds. The van der Waals surface area contributed by atoms with E-state index in [0.717, 1.165) is 29.5 Å². The number of aromatic nitrogens is 2. The van der Waals surface area contributed by atoms with Crippen molar-refractivity contribution in [1.29, 1.82) is 5.26 Å². The highest BCUT2D eigenvalue weighted by atomic mass is 16.1. The van der Waals surface area contributed by atoms with Crippen molar-refractivity contribution in [2.24, 2.45) is 5.84 Å². The van der Waals surface area contributed by atoms with Crippen LogP contribution in [0.15, 0.2) is 53.3 Å². The third-order valence-corrected chi connectivity index (χ3v) is 4.72. The maximum Gasteiger partial charge on any atom is 0.256 e. The maximum absolute atomic E-state index is 12.7. The normalized spacial score (nSPS) is 10.5. The van der Waals surface area contributed by atoms with E-state index in [4.69, 9.17) is 5.84 Å². The summed E-state index contributed by atoms with van der Waals surface area (Å²) < 4.78 is 0. The number of aryl methyl sites for hydroxylation is 1. The number of nitriles is 1. The summed E-state index contributed by atoms with van der Waals surface area (Å²) in [5, 5.41) is 9.82. The molecule has 4 N–H and O–H groups in total. The van der Waals surface area contributed by atoms with Crippen molar-refractivity contribution in [1.82, 2.24) is 9.97 Å². The molecule has 0 aliphatic heterocycles. The SMILES string of the molecule is CCCCc1nc(NN)[nH]c(=O)c1Cc1cccc(-c2ccccc2)c1C#N. The Morgan fingerprint density at radius 3 is 2.64 bits per heavy atom. The number of hydrazine groups is 1. The molecule has 0 aliphatic carbocycles. The van der Waals surface area contributed by atoms with E-state index in [0.29, 0.717) is 29.7 Å². The van der Waals surface area contributed by atoms with Gasteiger partial charge in [0.05, 0.1) is 11.3 Å². The lowest BCUT2D eigenvalue weighted by atomic mass is 9.92. The molecule has 0 aliphatic rings. The van der Waals surface area contributed by atoms with Gasteiger partial charge in [-0.05, 0) is 29.5 Å². The van der Waals surface area contributed by atoms with Gasteiger partial charge in [-0.25, -0.2) is 10.8 Å². The van der Waals surface area contributed by atoms with Crippen molar-refractivity contribution in [2.45, 2.75) is 32.6 Å². The van der Waals surface area contributed by atoms with Crippen molar-refractivity contribution >= 4 is 5.95 Å². The summed E-state index contributed by atoms with van der Waals surface area (Å²) in [6.07, 6.45) is 2.94. The number of nitrogens with two attached hydrogens (primary N) is 1. The second-order valence-corrected chi connectivity index (χ2v) is 6.58. The van der Waals surface area contributed by atoms with Gasteiger partial charge in [-0.1, -0.05) is 61.9 Å². The fourth-order valence-corrected chi connectivity index (χ4v) is 3.27. The fraction of sp³-hybridized carbons (Fsp3) is 0.227. The molecule has 0 atom stereocenters. The van der Waals surface area contributed by atoms with Crippen molar-refractivity contribution in [2.75, 3.05) is 5.43 Å². The highest BCUT2D eigenvalue weighted by Crippen LogP contribution is 2.27. The number of aromatic amines is 1. The first-order valence-electron chi connectivity index (χ1n) is 9.34. The minimum absolute atomic E-state index is 0.233. The zero-order valence-electron chi connectivity index (χ0n) is 15.8. The number of unbranched alkanes of at least 4 members (excludes halogenated alkanes) is 1. The Balaban J connectivity index is 2.07. The minimum atomic E-state index is -0.233. The molecule has 0 radical (unpaired) electrons. The van der Waals surface area contributed by atoms with Crippen LogP contribution in [0.25, 0.3) is 11.1 Å². The monoisotopic (exact) mass is 373 g/mol. The number of benzene rings is 2. The second-order valence-electron chi connectivity index (χ2n) is 6.58. The van der Waals surface area contributed by atoms with Crippen LogP contribution in [0.4, 0.5) is 5.95 Å². The molecule has 142 valence electrons. The molecule has 0 spiro atoms. The molecular weight excluding hydrogens is 350 g/mol. The fourth-order valence-electron chi connectivity index (χ4n) is 3.27. The molecule has 1 aromatic heterocycles. The molecule has 3 aromatic rings. The lowest BCUT2D eigenvalue weighted by Crippen LogP contribution is -2.23.